The Bertz CT molecular complexity index is 328. The van der Waals surface area contributed by atoms with E-state index in [1.807, 2.05) is 0 Å². The molecule has 0 radical (unpaired) electrons. The summed E-state index contributed by atoms with van der Waals surface area (Å²) in [6, 6.07) is 0. The summed E-state index contributed by atoms with van der Waals surface area (Å²) in [5.41, 5.74) is 1.17. The summed E-state index contributed by atoms with van der Waals surface area (Å²) >= 11 is 0. The van der Waals surface area contributed by atoms with E-state index in [9.17, 15) is 4.79 Å². The van der Waals surface area contributed by atoms with Crippen molar-refractivity contribution in [1.82, 2.24) is 0 Å². The average Bonchev–Trinajstić information content (AvgIpc) is 2.82. The van der Waals surface area contributed by atoms with Gasteiger partial charge in [0.1, 0.15) is 0 Å². The Morgan fingerprint density at radius 3 is 2.88 bits per heavy atom. The van der Waals surface area contributed by atoms with E-state index in [1.165, 1.54) is 50.5 Å². The van der Waals surface area contributed by atoms with Gasteiger partial charge in [-0.15, -0.1) is 0 Å². The van der Waals surface area contributed by atoms with Crippen LogP contribution in [0.5, 0.6) is 0 Å². The average molecular weight is 232 g/mol. The summed E-state index contributed by atoms with van der Waals surface area (Å²) in [5, 5.41) is 0. The van der Waals surface area contributed by atoms with Gasteiger partial charge in [0.05, 0.1) is 0 Å². The number of hydrogen-bond donors (Lipinski definition) is 0. The second kappa shape index (κ2) is 4.96. The van der Waals surface area contributed by atoms with Crippen molar-refractivity contribution in [2.24, 2.45) is 17.8 Å². The van der Waals surface area contributed by atoms with Crippen LogP contribution in [-0.4, -0.2) is 5.78 Å². The lowest BCUT2D eigenvalue weighted by molar-refractivity contribution is -0.117. The molecule has 3 aliphatic carbocycles. The van der Waals surface area contributed by atoms with Crippen molar-refractivity contribution in [1.29, 1.82) is 0 Å². The van der Waals surface area contributed by atoms with Gasteiger partial charge < -0.3 is 0 Å². The minimum Gasteiger partial charge on any atom is -0.295 e. The third-order valence-electron chi connectivity index (χ3n) is 5.23. The zero-order chi connectivity index (χ0) is 11.7. The second-order valence-electron chi connectivity index (χ2n) is 6.39. The lowest BCUT2D eigenvalue weighted by Crippen LogP contribution is -2.16. The van der Waals surface area contributed by atoms with Gasteiger partial charge in [-0.3, -0.25) is 4.79 Å². The normalized spacial score (nSPS) is 36.7. The van der Waals surface area contributed by atoms with Gasteiger partial charge in [-0.1, -0.05) is 18.9 Å². The molecular formula is C16H24O. The van der Waals surface area contributed by atoms with E-state index in [0.717, 1.165) is 37.0 Å². The van der Waals surface area contributed by atoms with E-state index in [0.29, 0.717) is 5.78 Å². The van der Waals surface area contributed by atoms with Gasteiger partial charge >= 0.3 is 0 Å². The van der Waals surface area contributed by atoms with E-state index < -0.39 is 0 Å². The number of rotatable bonds is 3. The molecule has 3 aliphatic rings. The van der Waals surface area contributed by atoms with Crippen LogP contribution in [-0.2, 0) is 4.79 Å². The maximum Gasteiger partial charge on any atom is 0.158 e. The standard InChI is InChI=1S/C16H24O/c17-16(13-5-3-1-2-4-6-13)11-15-10-12-7-8-14(15)9-12/h5,12,14-15H,1-4,6-11H2. The van der Waals surface area contributed by atoms with Crippen molar-refractivity contribution in [3.63, 3.8) is 0 Å². The molecule has 0 saturated heterocycles. The molecule has 1 nitrogen and oxygen atoms in total. The minimum absolute atomic E-state index is 0.490. The Hall–Kier alpha value is -0.590. The summed E-state index contributed by atoms with van der Waals surface area (Å²) in [6.07, 6.45) is 14.7. The van der Waals surface area contributed by atoms with Crippen molar-refractivity contribution < 1.29 is 4.79 Å². The van der Waals surface area contributed by atoms with Crippen LogP contribution in [0, 0.1) is 17.8 Å². The van der Waals surface area contributed by atoms with Crippen LogP contribution in [0.25, 0.3) is 0 Å². The van der Waals surface area contributed by atoms with Crippen LogP contribution in [0.2, 0.25) is 0 Å². The number of Topliss-reactive ketones (excluding diaryl/α,β-unsaturated/α-hetero) is 1. The molecule has 2 fully saturated rings. The monoisotopic (exact) mass is 232 g/mol. The largest absolute Gasteiger partial charge is 0.295 e. The predicted molar refractivity (Wildman–Crippen MR) is 69.7 cm³/mol. The number of ketones is 1. The highest BCUT2D eigenvalue weighted by Gasteiger charge is 2.40. The first-order valence-corrected chi connectivity index (χ1v) is 7.55. The van der Waals surface area contributed by atoms with Crippen LogP contribution < -0.4 is 0 Å². The molecule has 3 rings (SSSR count). The third kappa shape index (κ3) is 2.48. The SMILES string of the molecule is O=C(CC1CC2CCC1C2)C1=CCCCCC1. The van der Waals surface area contributed by atoms with Crippen LogP contribution in [0.15, 0.2) is 11.6 Å². The smallest absolute Gasteiger partial charge is 0.158 e. The third-order valence-corrected chi connectivity index (χ3v) is 5.23. The predicted octanol–water partition coefficient (Wildman–Crippen LogP) is 4.27. The van der Waals surface area contributed by atoms with Gasteiger partial charge in [-0.25, -0.2) is 0 Å². The molecule has 0 heterocycles. The van der Waals surface area contributed by atoms with Gasteiger partial charge in [0, 0.05) is 6.42 Å². The van der Waals surface area contributed by atoms with Crippen LogP contribution in [0.1, 0.15) is 64.2 Å². The van der Waals surface area contributed by atoms with E-state index in [4.69, 9.17) is 0 Å². The van der Waals surface area contributed by atoms with E-state index in [1.54, 1.807) is 0 Å². The molecule has 0 N–H and O–H groups in total. The van der Waals surface area contributed by atoms with Gasteiger partial charge in [-0.05, 0) is 68.3 Å². The van der Waals surface area contributed by atoms with Crippen molar-refractivity contribution in [2.45, 2.75) is 64.2 Å². The van der Waals surface area contributed by atoms with Gasteiger partial charge in [0.2, 0.25) is 0 Å². The Kier molecular flexibility index (Phi) is 3.35. The van der Waals surface area contributed by atoms with Crippen LogP contribution in [0.4, 0.5) is 0 Å². The summed E-state index contributed by atoms with van der Waals surface area (Å²) < 4.78 is 0. The molecular weight excluding hydrogens is 208 g/mol. The second-order valence-corrected chi connectivity index (χ2v) is 6.39. The Balaban J connectivity index is 1.57. The minimum atomic E-state index is 0.490. The van der Waals surface area contributed by atoms with E-state index in [2.05, 4.69) is 6.08 Å². The molecule has 17 heavy (non-hydrogen) atoms. The van der Waals surface area contributed by atoms with Gasteiger partial charge in [0.15, 0.2) is 5.78 Å². The topological polar surface area (TPSA) is 17.1 Å². The van der Waals surface area contributed by atoms with E-state index in [-0.39, 0.29) is 0 Å². The molecule has 0 spiro atoms. The Labute approximate surface area is 105 Å². The zero-order valence-electron chi connectivity index (χ0n) is 10.8. The number of allylic oxidation sites excluding steroid dienone is 2. The van der Waals surface area contributed by atoms with Crippen molar-refractivity contribution in [3.8, 4) is 0 Å². The first-order valence-electron chi connectivity index (χ1n) is 7.55. The highest BCUT2D eigenvalue weighted by Crippen LogP contribution is 2.49. The van der Waals surface area contributed by atoms with Gasteiger partial charge in [0.25, 0.3) is 0 Å². The molecule has 0 amide bonds. The lowest BCUT2D eigenvalue weighted by atomic mass is 9.83. The summed E-state index contributed by atoms with van der Waals surface area (Å²) in [7, 11) is 0. The van der Waals surface area contributed by atoms with Gasteiger partial charge in [-0.2, -0.15) is 0 Å². The van der Waals surface area contributed by atoms with Crippen LogP contribution >= 0.6 is 0 Å². The maximum atomic E-state index is 12.3. The van der Waals surface area contributed by atoms with Crippen molar-refractivity contribution in [2.75, 3.05) is 0 Å². The fourth-order valence-electron chi connectivity index (χ4n) is 4.26. The quantitative estimate of drug-likeness (QED) is 0.710. The van der Waals surface area contributed by atoms with Crippen molar-refractivity contribution in [3.05, 3.63) is 11.6 Å². The molecule has 3 atom stereocenters. The fourth-order valence-corrected chi connectivity index (χ4v) is 4.26. The number of fused-ring (bicyclic) bond motifs is 2. The fraction of sp³-hybridized carbons (Fsp3) is 0.812. The number of carbonyl (C=O) groups excluding carboxylic acids is 1. The molecule has 0 aromatic heterocycles. The number of hydrogen-bond acceptors (Lipinski definition) is 1. The molecule has 0 aromatic rings. The maximum absolute atomic E-state index is 12.3. The molecule has 3 unspecified atom stereocenters. The zero-order valence-corrected chi connectivity index (χ0v) is 10.8. The molecule has 2 bridgehead atoms. The van der Waals surface area contributed by atoms with Crippen LogP contribution in [0.3, 0.4) is 0 Å². The van der Waals surface area contributed by atoms with E-state index >= 15 is 0 Å². The molecule has 0 aliphatic heterocycles. The molecule has 0 aromatic carbocycles. The Morgan fingerprint density at radius 1 is 1.18 bits per heavy atom. The Morgan fingerprint density at radius 2 is 2.12 bits per heavy atom. The first-order chi connectivity index (χ1) is 8.33. The summed E-state index contributed by atoms with van der Waals surface area (Å²) in [6.45, 7) is 0. The lowest BCUT2D eigenvalue weighted by Gasteiger charge is -2.21. The summed E-state index contributed by atoms with van der Waals surface area (Å²) in [4.78, 5) is 12.3. The highest BCUT2D eigenvalue weighted by molar-refractivity contribution is 5.95. The highest BCUT2D eigenvalue weighted by atomic mass is 16.1. The molecule has 1 heteroatoms. The number of carbonyl (C=O) groups is 1. The summed E-state index contributed by atoms with van der Waals surface area (Å²) in [5.74, 6) is 3.10. The van der Waals surface area contributed by atoms with Crippen molar-refractivity contribution >= 4 is 5.78 Å². The molecule has 94 valence electrons. The first kappa shape index (κ1) is 11.5. The molecule has 2 saturated carbocycles.